The predicted molar refractivity (Wildman–Crippen MR) is 73.5 cm³/mol. The quantitative estimate of drug-likeness (QED) is 0.630. The zero-order chi connectivity index (χ0) is 14.5. The highest BCUT2D eigenvalue weighted by molar-refractivity contribution is 6.30. The Morgan fingerprint density at radius 2 is 1.89 bits per heavy atom. The van der Waals surface area contributed by atoms with Crippen LogP contribution in [0.4, 0.5) is 5.69 Å². The second kappa shape index (κ2) is 6.13. The molecule has 19 heavy (non-hydrogen) atoms. The van der Waals surface area contributed by atoms with Crippen molar-refractivity contribution in [2.75, 3.05) is 11.9 Å². The Bertz CT molecular complexity index is 478. The van der Waals surface area contributed by atoms with Gasteiger partial charge in [-0.2, -0.15) is 0 Å². The maximum absolute atomic E-state index is 11.9. The fraction of sp³-hybridized carbons (Fsp3) is 0.357. The van der Waals surface area contributed by atoms with E-state index in [0.29, 0.717) is 18.5 Å². The van der Waals surface area contributed by atoms with E-state index in [2.05, 4.69) is 5.32 Å². The monoisotopic (exact) mass is 262 g/mol. The largest absolute Gasteiger partial charge is 0.465 e. The Morgan fingerprint density at radius 1 is 1.32 bits per heavy atom. The third-order valence-corrected chi connectivity index (χ3v) is 2.79. The van der Waals surface area contributed by atoms with Crippen LogP contribution >= 0.6 is 0 Å². The number of carbonyl (C=O) groups excluding carboxylic acids is 2. The van der Waals surface area contributed by atoms with Gasteiger partial charge in [0.25, 0.3) is 5.91 Å². The van der Waals surface area contributed by atoms with Gasteiger partial charge >= 0.3 is 5.97 Å². The van der Waals surface area contributed by atoms with Gasteiger partial charge in [0.15, 0.2) is 0 Å². The van der Waals surface area contributed by atoms with Crippen molar-refractivity contribution < 1.29 is 14.3 Å². The molecule has 0 fully saturated rings. The molecule has 0 aromatic heterocycles. The summed E-state index contributed by atoms with van der Waals surface area (Å²) >= 11 is 0. The number of carbonyl (C=O) groups is 2. The van der Waals surface area contributed by atoms with Gasteiger partial charge in [-0.15, -0.1) is 0 Å². The number of anilines is 1. The summed E-state index contributed by atoms with van der Waals surface area (Å²) in [6.45, 7) is 5.69. The van der Waals surface area contributed by atoms with E-state index in [1.54, 1.807) is 45.0 Å². The van der Waals surface area contributed by atoms with E-state index >= 15 is 0 Å². The molecule has 0 saturated carbocycles. The number of esters is 1. The van der Waals surface area contributed by atoms with Gasteiger partial charge in [0.05, 0.1) is 18.2 Å². The number of rotatable bonds is 5. The fourth-order valence-electron chi connectivity index (χ4n) is 1.58. The Morgan fingerprint density at radius 3 is 2.37 bits per heavy atom. The van der Waals surface area contributed by atoms with E-state index in [1.165, 1.54) is 0 Å². The number of amides is 1. The zero-order valence-electron chi connectivity index (χ0n) is 11.3. The van der Waals surface area contributed by atoms with Crippen LogP contribution in [0.15, 0.2) is 24.3 Å². The van der Waals surface area contributed by atoms with Crippen molar-refractivity contribution in [1.29, 1.82) is 5.41 Å². The molecule has 0 atom stereocenters. The molecule has 5 nitrogen and oxygen atoms in total. The number of ether oxygens (including phenoxy) is 1. The van der Waals surface area contributed by atoms with Crippen molar-refractivity contribution in [3.63, 3.8) is 0 Å². The van der Waals surface area contributed by atoms with Gasteiger partial charge in [-0.1, -0.05) is 12.1 Å². The number of benzene rings is 1. The number of hydrogen-bond acceptors (Lipinski definition) is 4. The molecule has 0 saturated heterocycles. The first-order valence-corrected chi connectivity index (χ1v) is 6.01. The highest BCUT2D eigenvalue weighted by atomic mass is 16.5. The smallest absolute Gasteiger partial charge is 0.315 e. The second-order valence-electron chi connectivity index (χ2n) is 4.56. The Balaban J connectivity index is 2.88. The Kier molecular flexibility index (Phi) is 4.80. The Labute approximate surface area is 112 Å². The molecular formula is C14H18N2O3. The van der Waals surface area contributed by atoms with Crippen LogP contribution in [-0.4, -0.2) is 24.7 Å². The van der Waals surface area contributed by atoms with Crippen LogP contribution < -0.4 is 5.32 Å². The van der Waals surface area contributed by atoms with Gasteiger partial charge in [-0.3, -0.25) is 9.59 Å². The van der Waals surface area contributed by atoms with Crippen LogP contribution in [0.1, 0.15) is 26.3 Å². The summed E-state index contributed by atoms with van der Waals surface area (Å²) in [4.78, 5) is 22.9. The van der Waals surface area contributed by atoms with Crippen molar-refractivity contribution in [3.8, 4) is 0 Å². The van der Waals surface area contributed by atoms with Gasteiger partial charge in [0.2, 0.25) is 0 Å². The van der Waals surface area contributed by atoms with Gasteiger partial charge < -0.3 is 15.5 Å². The van der Waals surface area contributed by atoms with E-state index in [-0.39, 0.29) is 5.97 Å². The average Bonchev–Trinajstić information content (AvgIpc) is 2.39. The SMILES string of the molecule is CCOC(=O)C(C)(C)c1ccc(NC(=O)C=N)cc1. The van der Waals surface area contributed by atoms with E-state index in [9.17, 15) is 9.59 Å². The molecule has 0 aliphatic carbocycles. The molecule has 0 spiro atoms. The minimum atomic E-state index is -0.736. The molecule has 0 aliphatic rings. The topological polar surface area (TPSA) is 79.2 Å². The standard InChI is InChI=1S/C14H18N2O3/c1-4-19-13(18)14(2,3)10-5-7-11(8-6-10)16-12(17)9-15/h5-9,15H,4H2,1-3H3,(H,16,17). The zero-order valence-corrected chi connectivity index (χ0v) is 11.3. The highest BCUT2D eigenvalue weighted by Gasteiger charge is 2.31. The summed E-state index contributed by atoms with van der Waals surface area (Å²) in [5.74, 6) is -0.774. The summed E-state index contributed by atoms with van der Waals surface area (Å²) in [6, 6.07) is 6.91. The van der Waals surface area contributed by atoms with E-state index in [0.717, 1.165) is 5.56 Å². The maximum atomic E-state index is 11.9. The molecule has 1 rings (SSSR count). The van der Waals surface area contributed by atoms with Crippen molar-refractivity contribution >= 4 is 23.8 Å². The van der Waals surface area contributed by atoms with E-state index in [4.69, 9.17) is 10.1 Å². The first kappa shape index (κ1) is 14.9. The molecule has 2 N–H and O–H groups in total. The molecule has 5 heteroatoms. The summed E-state index contributed by atoms with van der Waals surface area (Å²) in [7, 11) is 0. The van der Waals surface area contributed by atoms with Crippen LogP contribution in [0.3, 0.4) is 0 Å². The molecule has 1 amide bonds. The van der Waals surface area contributed by atoms with Crippen LogP contribution in [0.5, 0.6) is 0 Å². The van der Waals surface area contributed by atoms with Gasteiger partial charge in [-0.05, 0) is 38.5 Å². The minimum Gasteiger partial charge on any atom is -0.465 e. The molecule has 1 aromatic carbocycles. The summed E-state index contributed by atoms with van der Waals surface area (Å²) in [6.07, 6.45) is 0.705. The summed E-state index contributed by atoms with van der Waals surface area (Å²) in [5.41, 5.74) is 0.649. The van der Waals surface area contributed by atoms with Crippen LogP contribution in [0.2, 0.25) is 0 Å². The second-order valence-corrected chi connectivity index (χ2v) is 4.56. The van der Waals surface area contributed by atoms with Crippen LogP contribution in [0.25, 0.3) is 0 Å². The third-order valence-electron chi connectivity index (χ3n) is 2.79. The van der Waals surface area contributed by atoms with Crippen LogP contribution in [0, 0.1) is 5.41 Å². The molecule has 102 valence electrons. The fourth-order valence-corrected chi connectivity index (χ4v) is 1.58. The lowest BCUT2D eigenvalue weighted by Gasteiger charge is -2.23. The molecule has 1 aromatic rings. The number of nitrogens with one attached hydrogen (secondary N) is 2. The summed E-state index contributed by atoms with van der Waals surface area (Å²) in [5, 5.41) is 9.33. The van der Waals surface area contributed by atoms with Crippen molar-refractivity contribution in [2.45, 2.75) is 26.2 Å². The minimum absolute atomic E-state index is 0.286. The molecule has 0 unspecified atom stereocenters. The molecule has 0 aliphatic heterocycles. The highest BCUT2D eigenvalue weighted by Crippen LogP contribution is 2.26. The maximum Gasteiger partial charge on any atom is 0.315 e. The lowest BCUT2D eigenvalue weighted by atomic mass is 9.84. The van der Waals surface area contributed by atoms with E-state index < -0.39 is 11.3 Å². The van der Waals surface area contributed by atoms with Gasteiger partial charge in [0.1, 0.15) is 0 Å². The van der Waals surface area contributed by atoms with Crippen molar-refractivity contribution in [3.05, 3.63) is 29.8 Å². The first-order chi connectivity index (χ1) is 8.91. The van der Waals surface area contributed by atoms with Gasteiger partial charge in [0, 0.05) is 5.69 Å². The van der Waals surface area contributed by atoms with Crippen molar-refractivity contribution in [2.24, 2.45) is 0 Å². The normalized spacial score (nSPS) is 10.7. The number of hydrogen-bond donors (Lipinski definition) is 2. The van der Waals surface area contributed by atoms with Crippen LogP contribution in [-0.2, 0) is 19.7 Å². The first-order valence-electron chi connectivity index (χ1n) is 6.01. The van der Waals surface area contributed by atoms with Crippen molar-refractivity contribution in [1.82, 2.24) is 0 Å². The molecule has 0 bridgehead atoms. The lowest BCUT2D eigenvalue weighted by molar-refractivity contribution is -0.148. The molecule has 0 radical (unpaired) electrons. The Hall–Kier alpha value is -2.17. The van der Waals surface area contributed by atoms with Gasteiger partial charge in [-0.25, -0.2) is 0 Å². The third kappa shape index (κ3) is 3.64. The lowest BCUT2D eigenvalue weighted by Crippen LogP contribution is -2.31. The average molecular weight is 262 g/mol. The molecular weight excluding hydrogens is 244 g/mol. The summed E-state index contributed by atoms with van der Waals surface area (Å²) < 4.78 is 5.03. The molecule has 0 heterocycles. The van der Waals surface area contributed by atoms with E-state index in [1.807, 2.05) is 0 Å². The predicted octanol–water partition coefficient (Wildman–Crippen LogP) is 2.12.